The van der Waals surface area contributed by atoms with E-state index < -0.39 is 6.10 Å². The number of ether oxygens (including phenoxy) is 3. The summed E-state index contributed by atoms with van der Waals surface area (Å²) in [6.07, 6.45) is 68.1. The molecule has 1 atom stereocenters. The van der Waals surface area contributed by atoms with Crippen LogP contribution in [0, 0.1) is 0 Å². The molecule has 0 amide bonds. The molecule has 64 heavy (non-hydrogen) atoms. The maximum absolute atomic E-state index is 12.8. The second-order valence-corrected chi connectivity index (χ2v) is 17.1. The lowest BCUT2D eigenvalue weighted by molar-refractivity contribution is -0.167. The van der Waals surface area contributed by atoms with Crippen LogP contribution in [0.3, 0.4) is 0 Å². The molecular formula is C58H96O6. The average molecular weight is 889 g/mol. The molecule has 0 aromatic carbocycles. The number of hydrogen-bond acceptors (Lipinski definition) is 6. The number of carbonyl (C=O) groups excluding carboxylic acids is 3. The molecule has 0 rings (SSSR count). The molecule has 0 saturated heterocycles. The maximum Gasteiger partial charge on any atom is 0.306 e. The minimum atomic E-state index is -0.796. The molecule has 0 aliphatic carbocycles. The number of esters is 3. The van der Waals surface area contributed by atoms with Crippen LogP contribution in [0.4, 0.5) is 0 Å². The van der Waals surface area contributed by atoms with E-state index in [4.69, 9.17) is 14.2 Å². The lowest BCUT2D eigenvalue weighted by atomic mass is 10.1. The highest BCUT2D eigenvalue weighted by molar-refractivity contribution is 5.71. The van der Waals surface area contributed by atoms with E-state index in [0.717, 1.165) is 122 Å². The van der Waals surface area contributed by atoms with Crippen LogP contribution in [0.2, 0.25) is 0 Å². The van der Waals surface area contributed by atoms with E-state index in [-0.39, 0.29) is 31.1 Å². The van der Waals surface area contributed by atoms with Crippen molar-refractivity contribution in [1.82, 2.24) is 0 Å². The first kappa shape index (κ1) is 60.3. The number of unbranched alkanes of at least 4 members (excludes halogenated alkanes) is 22. The molecule has 0 bridgehead atoms. The van der Waals surface area contributed by atoms with Crippen molar-refractivity contribution in [3.8, 4) is 0 Å². The first-order chi connectivity index (χ1) is 31.5. The van der Waals surface area contributed by atoms with Crippen molar-refractivity contribution in [2.45, 2.75) is 239 Å². The van der Waals surface area contributed by atoms with Crippen molar-refractivity contribution in [2.24, 2.45) is 0 Å². The zero-order valence-electron chi connectivity index (χ0n) is 41.5. The Morgan fingerprint density at radius 2 is 0.672 bits per heavy atom. The lowest BCUT2D eigenvalue weighted by Crippen LogP contribution is -2.30. The molecule has 0 N–H and O–H groups in total. The summed E-state index contributed by atoms with van der Waals surface area (Å²) >= 11 is 0. The Kier molecular flexibility index (Phi) is 49.0. The average Bonchev–Trinajstić information content (AvgIpc) is 3.29. The molecule has 0 aliphatic heterocycles. The highest BCUT2D eigenvalue weighted by atomic mass is 16.6. The number of allylic oxidation sites excluding steroid dienone is 16. The Morgan fingerprint density at radius 1 is 0.344 bits per heavy atom. The van der Waals surface area contributed by atoms with Gasteiger partial charge >= 0.3 is 17.9 Å². The third-order valence-corrected chi connectivity index (χ3v) is 10.9. The van der Waals surface area contributed by atoms with Crippen LogP contribution in [-0.2, 0) is 28.6 Å². The standard InChI is InChI=1S/C58H96O6/c1-4-7-10-13-16-19-22-25-28-29-30-31-34-36-39-42-45-48-51-57(60)63-54-55(64-58(61)52-49-46-43-40-37-33-27-24-21-18-15-12-9-6-3)53-62-56(59)50-47-44-41-38-35-32-26-23-20-17-14-11-8-5-2/h8-9,11-12,16-22,25,28-31,55H,4-7,10,13-15,23-24,26-27,32-54H2,1-3H3/b11-8-,12-9-,19-16-,20-17-,21-18-,25-22-,29-28-,31-30-. The van der Waals surface area contributed by atoms with Gasteiger partial charge in [-0.15, -0.1) is 0 Å². The topological polar surface area (TPSA) is 78.9 Å². The molecular weight excluding hydrogens is 793 g/mol. The fraction of sp³-hybridized carbons (Fsp3) is 0.672. The van der Waals surface area contributed by atoms with Crippen LogP contribution in [0.25, 0.3) is 0 Å². The molecule has 0 heterocycles. The molecule has 364 valence electrons. The highest BCUT2D eigenvalue weighted by Crippen LogP contribution is 2.14. The SMILES string of the molecule is CC/C=C\C/C=C\CCCCCCCCCC(=O)OCC(COC(=O)CCCCCCC\C=C/C=C\C=C/C=C\CCCCC)OC(=O)CCCCCCCCC/C=C\C/C=C\CC. The van der Waals surface area contributed by atoms with E-state index in [9.17, 15) is 14.4 Å². The Bertz CT molecular complexity index is 1300. The molecule has 0 fully saturated rings. The predicted molar refractivity (Wildman–Crippen MR) is 274 cm³/mol. The summed E-state index contributed by atoms with van der Waals surface area (Å²) < 4.78 is 16.8. The lowest BCUT2D eigenvalue weighted by Gasteiger charge is -2.18. The van der Waals surface area contributed by atoms with Crippen LogP contribution >= 0.6 is 0 Å². The predicted octanol–water partition coefficient (Wildman–Crippen LogP) is 17.4. The Hall–Kier alpha value is -3.67. The second kappa shape index (κ2) is 52.0. The fourth-order valence-corrected chi connectivity index (χ4v) is 7.00. The van der Waals surface area contributed by atoms with E-state index in [1.807, 2.05) is 0 Å². The second-order valence-electron chi connectivity index (χ2n) is 17.1. The Labute approximate surface area is 394 Å². The molecule has 0 aliphatic rings. The van der Waals surface area contributed by atoms with Crippen molar-refractivity contribution in [3.05, 3.63) is 97.2 Å². The largest absolute Gasteiger partial charge is 0.462 e. The van der Waals surface area contributed by atoms with Crippen LogP contribution in [0.5, 0.6) is 0 Å². The van der Waals surface area contributed by atoms with Gasteiger partial charge in [0.05, 0.1) is 0 Å². The summed E-state index contributed by atoms with van der Waals surface area (Å²) in [5.41, 5.74) is 0. The van der Waals surface area contributed by atoms with Crippen molar-refractivity contribution in [3.63, 3.8) is 0 Å². The van der Waals surface area contributed by atoms with Crippen LogP contribution in [0.1, 0.15) is 233 Å². The number of carbonyl (C=O) groups is 3. The van der Waals surface area contributed by atoms with Gasteiger partial charge in [-0.3, -0.25) is 14.4 Å². The quantitative estimate of drug-likeness (QED) is 0.0199. The molecule has 0 spiro atoms. The maximum atomic E-state index is 12.8. The van der Waals surface area contributed by atoms with Gasteiger partial charge in [0, 0.05) is 19.3 Å². The fourth-order valence-electron chi connectivity index (χ4n) is 7.00. The Morgan fingerprint density at radius 3 is 1.08 bits per heavy atom. The molecule has 6 nitrogen and oxygen atoms in total. The molecule has 1 unspecified atom stereocenters. The molecule has 0 saturated carbocycles. The van der Waals surface area contributed by atoms with Crippen molar-refractivity contribution in [2.75, 3.05) is 13.2 Å². The Balaban J connectivity index is 4.46. The summed E-state index contributed by atoms with van der Waals surface area (Å²) in [4.78, 5) is 38.0. The van der Waals surface area contributed by atoms with Crippen LogP contribution in [0.15, 0.2) is 97.2 Å². The monoisotopic (exact) mass is 889 g/mol. The minimum absolute atomic E-state index is 0.0940. The molecule has 0 aromatic rings. The summed E-state index contributed by atoms with van der Waals surface area (Å²) in [7, 11) is 0. The van der Waals surface area contributed by atoms with Gasteiger partial charge in [0.15, 0.2) is 6.10 Å². The van der Waals surface area contributed by atoms with Crippen molar-refractivity contribution < 1.29 is 28.6 Å². The first-order valence-electron chi connectivity index (χ1n) is 26.3. The summed E-state index contributed by atoms with van der Waals surface area (Å²) in [6, 6.07) is 0. The van der Waals surface area contributed by atoms with E-state index in [0.29, 0.717) is 19.3 Å². The molecule has 0 radical (unpaired) electrons. The van der Waals surface area contributed by atoms with Gasteiger partial charge in [0.25, 0.3) is 0 Å². The van der Waals surface area contributed by atoms with Gasteiger partial charge in [-0.1, -0.05) is 214 Å². The normalized spacial score (nSPS) is 12.9. The smallest absolute Gasteiger partial charge is 0.306 e. The first-order valence-corrected chi connectivity index (χ1v) is 26.3. The zero-order valence-corrected chi connectivity index (χ0v) is 41.5. The summed E-state index contributed by atoms with van der Waals surface area (Å²) in [6.45, 7) is 6.35. The van der Waals surface area contributed by atoms with Gasteiger partial charge < -0.3 is 14.2 Å². The van der Waals surface area contributed by atoms with Crippen molar-refractivity contribution in [1.29, 1.82) is 0 Å². The van der Waals surface area contributed by atoms with Gasteiger partial charge in [-0.25, -0.2) is 0 Å². The third-order valence-electron chi connectivity index (χ3n) is 10.9. The van der Waals surface area contributed by atoms with Crippen molar-refractivity contribution >= 4 is 17.9 Å². The highest BCUT2D eigenvalue weighted by Gasteiger charge is 2.19. The van der Waals surface area contributed by atoms with Crippen LogP contribution < -0.4 is 0 Å². The van der Waals surface area contributed by atoms with Gasteiger partial charge in [-0.2, -0.15) is 0 Å². The molecule has 0 aromatic heterocycles. The zero-order chi connectivity index (χ0) is 46.5. The number of rotatable bonds is 46. The summed E-state index contributed by atoms with van der Waals surface area (Å²) in [5, 5.41) is 0. The minimum Gasteiger partial charge on any atom is -0.462 e. The van der Waals surface area contributed by atoms with Gasteiger partial charge in [0.1, 0.15) is 13.2 Å². The van der Waals surface area contributed by atoms with E-state index in [2.05, 4.69) is 118 Å². The van der Waals surface area contributed by atoms with E-state index >= 15 is 0 Å². The van der Waals surface area contributed by atoms with Crippen LogP contribution in [-0.4, -0.2) is 37.2 Å². The third kappa shape index (κ3) is 49.3. The summed E-state index contributed by atoms with van der Waals surface area (Å²) in [5.74, 6) is -0.935. The number of hydrogen-bond donors (Lipinski definition) is 0. The molecule has 6 heteroatoms. The van der Waals surface area contributed by atoms with E-state index in [1.54, 1.807) is 0 Å². The van der Waals surface area contributed by atoms with E-state index in [1.165, 1.54) is 70.6 Å². The van der Waals surface area contributed by atoms with Gasteiger partial charge in [-0.05, 0) is 96.3 Å². The van der Waals surface area contributed by atoms with Gasteiger partial charge in [0.2, 0.25) is 0 Å².